The number of aromatic nitrogens is 2. The Morgan fingerprint density at radius 1 is 1.19 bits per heavy atom. The summed E-state index contributed by atoms with van der Waals surface area (Å²) in [6.45, 7) is 9.08. The van der Waals surface area contributed by atoms with E-state index in [9.17, 15) is 14.7 Å². The predicted molar refractivity (Wildman–Crippen MR) is 126 cm³/mol. The van der Waals surface area contributed by atoms with Gasteiger partial charge in [0.2, 0.25) is 11.8 Å². The molecule has 2 aromatic rings. The number of rotatable bonds is 8. The van der Waals surface area contributed by atoms with Crippen LogP contribution in [0.3, 0.4) is 0 Å². The molecule has 168 valence electrons. The minimum atomic E-state index is -1.24. The second-order valence-electron chi connectivity index (χ2n) is 8.87. The van der Waals surface area contributed by atoms with E-state index >= 15 is 0 Å². The third kappa shape index (κ3) is 6.44. The van der Waals surface area contributed by atoms with E-state index in [1.807, 2.05) is 30.3 Å². The molecule has 0 radical (unpaired) electrons. The Labute approximate surface area is 188 Å². The molecule has 0 saturated carbocycles. The maximum Gasteiger partial charge on any atom is 0.265 e. The molecule has 3 rings (SSSR count). The van der Waals surface area contributed by atoms with Gasteiger partial charge in [0.05, 0.1) is 30.2 Å². The number of para-hydroxylation sites is 1. The summed E-state index contributed by atoms with van der Waals surface area (Å²) in [4.78, 5) is 32.0. The van der Waals surface area contributed by atoms with Crippen LogP contribution in [0.25, 0.3) is 5.69 Å². The number of nitrogens with zero attached hydrogens (tertiary/aromatic N) is 3. The molecule has 1 aliphatic heterocycles. The molecule has 1 fully saturated rings. The summed E-state index contributed by atoms with van der Waals surface area (Å²) in [6.07, 6.45) is 1.34. The summed E-state index contributed by atoms with van der Waals surface area (Å²) < 4.78 is 6.81. The molecule has 1 aliphatic rings. The van der Waals surface area contributed by atoms with E-state index < -0.39 is 8.07 Å². The minimum Gasteiger partial charge on any atom is -0.493 e. The first kappa shape index (κ1) is 23.6. The summed E-state index contributed by atoms with van der Waals surface area (Å²) in [5.41, 5.74) is 0.745. The van der Waals surface area contributed by atoms with E-state index in [-0.39, 0.29) is 23.1 Å². The van der Waals surface area contributed by atoms with Gasteiger partial charge in [0.15, 0.2) is 5.16 Å². The maximum atomic E-state index is 13.4. The second-order valence-corrected chi connectivity index (χ2v) is 15.4. The quantitative estimate of drug-likeness (QED) is 0.369. The van der Waals surface area contributed by atoms with Crippen LogP contribution in [0, 0.1) is 0 Å². The van der Waals surface area contributed by atoms with Gasteiger partial charge in [0, 0.05) is 21.2 Å². The first-order valence-electron chi connectivity index (χ1n) is 10.6. The van der Waals surface area contributed by atoms with E-state index in [4.69, 9.17) is 4.74 Å². The Morgan fingerprint density at radius 3 is 2.52 bits per heavy atom. The highest BCUT2D eigenvalue weighted by atomic mass is 32.2. The first-order chi connectivity index (χ1) is 14.8. The Morgan fingerprint density at radius 2 is 1.87 bits per heavy atom. The van der Waals surface area contributed by atoms with Crippen molar-refractivity contribution in [2.45, 2.75) is 43.7 Å². The third-order valence-corrected chi connectivity index (χ3v) is 7.96. The SMILES string of the molecule is C[Si](C)(C)CCCc1c(O)nc(SCC(=O)N2CCOCC2)n(-c2ccccc2)c1=O. The second kappa shape index (κ2) is 10.5. The number of carbonyl (C=O) groups excluding carboxylic acids is 1. The lowest BCUT2D eigenvalue weighted by Gasteiger charge is -2.26. The number of carbonyl (C=O) groups is 1. The van der Waals surface area contributed by atoms with Crippen LogP contribution in [0.5, 0.6) is 5.88 Å². The number of hydrogen-bond donors (Lipinski definition) is 1. The lowest BCUT2D eigenvalue weighted by atomic mass is 10.2. The number of morpholine rings is 1. The number of aromatic hydroxyl groups is 1. The van der Waals surface area contributed by atoms with E-state index in [2.05, 4.69) is 24.6 Å². The van der Waals surface area contributed by atoms with Crippen LogP contribution >= 0.6 is 11.8 Å². The Balaban J connectivity index is 1.87. The van der Waals surface area contributed by atoms with Crippen molar-refractivity contribution in [1.29, 1.82) is 0 Å². The van der Waals surface area contributed by atoms with E-state index in [0.717, 1.165) is 12.5 Å². The van der Waals surface area contributed by atoms with Gasteiger partial charge in [-0.3, -0.25) is 14.2 Å². The summed E-state index contributed by atoms with van der Waals surface area (Å²) in [6, 6.07) is 10.3. The highest BCUT2D eigenvalue weighted by molar-refractivity contribution is 7.99. The summed E-state index contributed by atoms with van der Waals surface area (Å²) in [5, 5.41) is 10.9. The van der Waals surface area contributed by atoms with Gasteiger partial charge in [-0.05, 0) is 18.6 Å². The Kier molecular flexibility index (Phi) is 7.96. The van der Waals surface area contributed by atoms with Crippen molar-refractivity contribution in [1.82, 2.24) is 14.5 Å². The van der Waals surface area contributed by atoms with Gasteiger partial charge in [-0.25, -0.2) is 0 Å². The fraction of sp³-hybridized carbons (Fsp3) is 0.500. The largest absolute Gasteiger partial charge is 0.493 e. The van der Waals surface area contributed by atoms with Gasteiger partial charge < -0.3 is 14.7 Å². The summed E-state index contributed by atoms with van der Waals surface area (Å²) >= 11 is 1.18. The molecule has 1 N–H and O–H groups in total. The van der Waals surface area contributed by atoms with Crippen molar-refractivity contribution in [2.24, 2.45) is 0 Å². The number of benzene rings is 1. The lowest BCUT2D eigenvalue weighted by molar-refractivity contribution is -0.132. The highest BCUT2D eigenvalue weighted by Gasteiger charge is 2.22. The average molecular weight is 462 g/mol. The molecule has 9 heteroatoms. The van der Waals surface area contributed by atoms with Crippen LogP contribution in [-0.4, -0.2) is 65.6 Å². The van der Waals surface area contributed by atoms with E-state index in [1.54, 1.807) is 4.90 Å². The molecule has 0 unspecified atom stereocenters. The number of hydrogen-bond acceptors (Lipinski definition) is 6. The van der Waals surface area contributed by atoms with Crippen molar-refractivity contribution in [3.05, 3.63) is 46.2 Å². The Hall–Kier alpha value is -2.10. The predicted octanol–water partition coefficient (Wildman–Crippen LogP) is 3.16. The maximum absolute atomic E-state index is 13.4. The lowest BCUT2D eigenvalue weighted by Crippen LogP contribution is -2.41. The summed E-state index contributed by atoms with van der Waals surface area (Å²) in [5.74, 6) is -0.108. The summed E-state index contributed by atoms with van der Waals surface area (Å²) in [7, 11) is -1.24. The zero-order chi connectivity index (χ0) is 22.4. The average Bonchev–Trinajstić information content (AvgIpc) is 2.74. The fourth-order valence-electron chi connectivity index (χ4n) is 3.47. The van der Waals surface area contributed by atoms with Crippen molar-refractivity contribution < 1.29 is 14.6 Å². The number of ether oxygens (including phenoxy) is 1. The smallest absolute Gasteiger partial charge is 0.265 e. The van der Waals surface area contributed by atoms with Crippen LogP contribution in [0.4, 0.5) is 0 Å². The van der Waals surface area contributed by atoms with E-state index in [1.165, 1.54) is 16.3 Å². The zero-order valence-corrected chi connectivity index (χ0v) is 20.3. The Bertz CT molecular complexity index is 954. The van der Waals surface area contributed by atoms with Crippen molar-refractivity contribution >= 4 is 25.7 Å². The molecule has 7 nitrogen and oxygen atoms in total. The fourth-order valence-corrected chi connectivity index (χ4v) is 5.61. The number of thioether (sulfide) groups is 1. The van der Waals surface area contributed by atoms with Gasteiger partial charge >= 0.3 is 0 Å². The van der Waals surface area contributed by atoms with E-state index in [0.29, 0.717) is 49.1 Å². The van der Waals surface area contributed by atoms with Gasteiger partial charge in [0.25, 0.3) is 5.56 Å². The normalized spacial score (nSPS) is 14.6. The zero-order valence-electron chi connectivity index (χ0n) is 18.5. The topological polar surface area (TPSA) is 84.7 Å². The molecular formula is C22H31N3O4SSi. The van der Waals surface area contributed by atoms with Gasteiger partial charge in [-0.15, -0.1) is 0 Å². The standard InChI is InChI=1S/C22H31N3O4SSi/c1-31(2,3)15-7-10-18-20(27)23-22(25(21(18)28)17-8-5-4-6-9-17)30-16-19(26)24-11-13-29-14-12-24/h4-6,8-9,27H,7,10-16H2,1-3H3. The molecule has 31 heavy (non-hydrogen) atoms. The van der Waals surface area contributed by atoms with Gasteiger partial charge in [-0.1, -0.05) is 62.1 Å². The molecule has 0 spiro atoms. The van der Waals surface area contributed by atoms with Crippen LogP contribution in [0.1, 0.15) is 12.0 Å². The van der Waals surface area contributed by atoms with Crippen LogP contribution in [0.15, 0.2) is 40.3 Å². The number of amides is 1. The van der Waals surface area contributed by atoms with Crippen molar-refractivity contribution in [2.75, 3.05) is 32.1 Å². The monoisotopic (exact) mass is 461 g/mol. The molecule has 0 bridgehead atoms. The highest BCUT2D eigenvalue weighted by Crippen LogP contribution is 2.24. The molecule has 0 aliphatic carbocycles. The van der Waals surface area contributed by atoms with Crippen LogP contribution < -0.4 is 5.56 Å². The minimum absolute atomic E-state index is 0.0270. The van der Waals surface area contributed by atoms with Crippen molar-refractivity contribution in [3.8, 4) is 11.6 Å². The third-order valence-electron chi connectivity index (χ3n) is 5.18. The molecular weight excluding hydrogens is 430 g/mol. The first-order valence-corrected chi connectivity index (χ1v) is 15.3. The van der Waals surface area contributed by atoms with Gasteiger partial charge in [0.1, 0.15) is 0 Å². The molecule has 1 aromatic heterocycles. The van der Waals surface area contributed by atoms with Gasteiger partial charge in [-0.2, -0.15) is 4.98 Å². The molecule has 1 amide bonds. The van der Waals surface area contributed by atoms with Crippen molar-refractivity contribution in [3.63, 3.8) is 0 Å². The molecule has 0 atom stereocenters. The molecule has 1 aromatic carbocycles. The molecule has 1 saturated heterocycles. The van der Waals surface area contributed by atoms with Crippen LogP contribution in [-0.2, 0) is 16.0 Å². The van der Waals surface area contributed by atoms with Crippen LogP contribution in [0.2, 0.25) is 25.7 Å². The molecule has 2 heterocycles.